The Morgan fingerprint density at radius 2 is 0.591 bits per heavy atom. The van der Waals surface area contributed by atoms with Crippen LogP contribution in [-0.4, -0.2) is 60.5 Å². The molecule has 578 valence electrons. The zero-order valence-electron chi connectivity index (χ0n) is 67.1. The molecule has 0 unspecified atom stereocenters. The summed E-state index contributed by atoms with van der Waals surface area (Å²) in [6.45, 7) is 40.4. The van der Waals surface area contributed by atoms with E-state index in [1.807, 2.05) is 61.5 Å². The van der Waals surface area contributed by atoms with E-state index in [0.29, 0.717) is 23.7 Å². The third-order valence-electron chi connectivity index (χ3n) is 22.8. The Bertz CT molecular complexity index is 6250. The molecule has 0 bridgehead atoms. The van der Waals surface area contributed by atoms with Crippen LogP contribution in [0, 0.1) is 76.2 Å². The third kappa shape index (κ3) is 15.1. The van der Waals surface area contributed by atoms with Crippen LogP contribution in [0.15, 0.2) is 190 Å². The number of aryl methyl sites for hydroxylation is 11. The molecular formula is C97H92F2N12O4. The number of hydrogen-bond donors (Lipinski definition) is 4. The Morgan fingerprint density at radius 3 is 0.826 bits per heavy atom. The Kier molecular flexibility index (Phi) is 19.4. The number of fused-ring (bicyclic) bond motifs is 4. The number of alkyl halides is 2. The number of nitrogens with zero attached hydrogens (tertiary/aromatic N) is 8. The SMILES string of the molecule is C=C(c1ccc(C(C)(F)F)cc1)c1cc(-c2c(C)noc2C)cc2[nH]c(C3CC3)nc12.C=C(c1ccc(C)cc1)c1cc(-c2c(C)noc2C)cc2[nH]c(C3CC3)nc12.C=C(c1ccc(C)cc1)c1cc(-c2c(C)noc2C)cc2[nH]c(C3CC3)nc12.C=C(c1cccc(C)c1)c1cc(-c2c(C)noc2C)cc2[nH]c(C3CC3)nc12. The van der Waals surface area contributed by atoms with E-state index in [4.69, 9.17) is 38.0 Å². The quantitative estimate of drug-likeness (QED) is 0.0669. The highest BCUT2D eigenvalue weighted by molar-refractivity contribution is 6.01. The van der Waals surface area contributed by atoms with Gasteiger partial charge in [0.05, 0.1) is 66.9 Å². The molecule has 16 aromatic rings. The van der Waals surface area contributed by atoms with Crippen molar-refractivity contribution < 1.29 is 26.9 Å². The molecule has 115 heavy (non-hydrogen) atoms. The number of nitrogens with one attached hydrogen (secondary N) is 4. The van der Waals surface area contributed by atoms with Crippen molar-refractivity contribution in [3.63, 3.8) is 0 Å². The lowest BCUT2D eigenvalue weighted by Crippen LogP contribution is -2.06. The minimum absolute atomic E-state index is 0.0190. The normalized spacial score (nSPS) is 14.1. The van der Waals surface area contributed by atoms with Crippen molar-refractivity contribution in [3.8, 4) is 44.5 Å². The summed E-state index contributed by atoms with van der Waals surface area (Å²) in [6.07, 6.45) is 9.56. The number of benzene rings is 8. The van der Waals surface area contributed by atoms with Crippen LogP contribution in [0.1, 0.15) is 218 Å². The average molecular weight is 1530 g/mol. The molecule has 0 amide bonds. The fourth-order valence-electron chi connectivity index (χ4n) is 15.8. The molecule has 20 rings (SSSR count). The van der Waals surface area contributed by atoms with Gasteiger partial charge in [0.1, 0.15) is 46.3 Å². The van der Waals surface area contributed by atoms with Gasteiger partial charge in [0.15, 0.2) is 0 Å². The van der Waals surface area contributed by atoms with Crippen molar-refractivity contribution in [2.75, 3.05) is 0 Å². The zero-order chi connectivity index (χ0) is 80.2. The largest absolute Gasteiger partial charge is 0.361 e. The summed E-state index contributed by atoms with van der Waals surface area (Å²) >= 11 is 0. The van der Waals surface area contributed by atoms with Crippen molar-refractivity contribution >= 4 is 66.4 Å². The van der Waals surface area contributed by atoms with Crippen LogP contribution in [-0.2, 0) is 5.92 Å². The lowest BCUT2D eigenvalue weighted by atomic mass is 9.93. The summed E-state index contributed by atoms with van der Waals surface area (Å²) in [5, 5.41) is 16.5. The van der Waals surface area contributed by atoms with Crippen molar-refractivity contribution in [1.29, 1.82) is 0 Å². The fraction of sp³-hybridized carbons (Fsp3) is 0.258. The maximum Gasteiger partial charge on any atom is 0.270 e. The summed E-state index contributed by atoms with van der Waals surface area (Å²) in [5.74, 6) is 6.76. The lowest BCUT2D eigenvalue weighted by Gasteiger charge is -2.13. The standard InChI is InChI=1S/C25H23F2N3O.3C24H23N3O/c1-13(16-7-9-19(10-8-16)25(4,26)27)20-11-18(22-14(2)30-31-15(22)3)12-21-23(20)29-24(28-21)17-5-6-17;2*1-13-5-7-17(8-6-13)14(2)20-11-19(22-15(3)27-28-16(22)4)12-21-23(20)26-24(25-21)18-9-10-18;1-13-6-5-7-18(10-13)14(2)20-11-19(22-15(3)27-28-16(22)4)12-21-23(20)26-24(25-21)17-8-9-17/h7-12,17H,1,5-6H2,2-4H3,(H,28,29);2*5-8,11-12,18H,2,9-10H2,1,3-4H3,(H,25,26);5-7,10-12,17H,2,8-9H2,1,3-4H3,(H,25,26). The van der Waals surface area contributed by atoms with E-state index in [1.54, 1.807) is 12.1 Å². The van der Waals surface area contributed by atoms with Gasteiger partial charge in [-0.05, 0) is 243 Å². The lowest BCUT2D eigenvalue weighted by molar-refractivity contribution is 0.0174. The van der Waals surface area contributed by atoms with E-state index in [9.17, 15) is 8.78 Å². The number of aromatic amines is 4. The molecule has 4 N–H and O–H groups in total. The second-order valence-electron chi connectivity index (χ2n) is 32.0. The van der Waals surface area contributed by atoms with E-state index < -0.39 is 5.92 Å². The Labute approximate surface area is 666 Å². The van der Waals surface area contributed by atoms with Crippen LogP contribution in [0.4, 0.5) is 8.78 Å². The van der Waals surface area contributed by atoms with Crippen molar-refractivity contribution in [1.82, 2.24) is 60.5 Å². The van der Waals surface area contributed by atoms with Gasteiger partial charge in [-0.15, -0.1) is 0 Å². The minimum atomic E-state index is -2.88. The summed E-state index contributed by atoms with van der Waals surface area (Å²) in [4.78, 5) is 33.9. The highest BCUT2D eigenvalue weighted by atomic mass is 19.3. The fourth-order valence-corrected chi connectivity index (χ4v) is 15.8. The van der Waals surface area contributed by atoms with Crippen LogP contribution in [0.2, 0.25) is 0 Å². The minimum Gasteiger partial charge on any atom is -0.361 e. The first-order chi connectivity index (χ1) is 55.2. The van der Waals surface area contributed by atoms with Gasteiger partial charge in [0, 0.05) is 80.7 Å². The Morgan fingerprint density at radius 1 is 0.330 bits per heavy atom. The van der Waals surface area contributed by atoms with Gasteiger partial charge in [0.25, 0.3) is 5.92 Å². The molecule has 0 atom stereocenters. The highest BCUT2D eigenvalue weighted by Gasteiger charge is 2.33. The highest BCUT2D eigenvalue weighted by Crippen LogP contribution is 2.47. The molecule has 0 spiro atoms. The summed E-state index contributed by atoms with van der Waals surface area (Å²) in [6, 6.07) is 48.9. The van der Waals surface area contributed by atoms with Crippen LogP contribution in [0.3, 0.4) is 0 Å². The van der Waals surface area contributed by atoms with Crippen LogP contribution in [0.5, 0.6) is 0 Å². The van der Waals surface area contributed by atoms with E-state index in [-0.39, 0.29) is 5.56 Å². The monoisotopic (exact) mass is 1530 g/mol. The number of hydrogen-bond acceptors (Lipinski definition) is 12. The predicted molar refractivity (Wildman–Crippen MR) is 454 cm³/mol. The van der Waals surface area contributed by atoms with E-state index >= 15 is 0 Å². The smallest absolute Gasteiger partial charge is 0.270 e. The third-order valence-corrected chi connectivity index (χ3v) is 22.8. The summed E-state index contributed by atoms with van der Waals surface area (Å²) in [7, 11) is 0. The molecule has 8 aromatic carbocycles. The van der Waals surface area contributed by atoms with Gasteiger partial charge >= 0.3 is 0 Å². The molecule has 8 aromatic heterocycles. The molecule has 0 radical (unpaired) electrons. The number of imidazole rings is 4. The number of halogens is 2. The first-order valence-corrected chi connectivity index (χ1v) is 39.6. The molecule has 4 aliphatic rings. The van der Waals surface area contributed by atoms with Crippen molar-refractivity contribution in [2.45, 2.75) is 164 Å². The molecule has 0 aliphatic heterocycles. The topological polar surface area (TPSA) is 219 Å². The molecule has 0 saturated heterocycles. The molecule has 4 aliphatic carbocycles. The second kappa shape index (κ2) is 29.7. The van der Waals surface area contributed by atoms with Crippen LogP contribution in [0.25, 0.3) is 111 Å². The zero-order valence-corrected chi connectivity index (χ0v) is 67.1. The average Bonchev–Trinajstić information content (AvgIpc) is 1.64. The maximum absolute atomic E-state index is 13.6. The van der Waals surface area contributed by atoms with Gasteiger partial charge in [0.2, 0.25) is 0 Å². The van der Waals surface area contributed by atoms with Crippen molar-refractivity contribution in [3.05, 3.63) is 308 Å². The van der Waals surface area contributed by atoms with E-state index in [1.165, 1.54) is 67.3 Å². The Balaban J connectivity index is 0.000000111. The van der Waals surface area contributed by atoms with Gasteiger partial charge in [-0.1, -0.05) is 161 Å². The number of rotatable bonds is 17. The summed E-state index contributed by atoms with van der Waals surface area (Å²) in [5.41, 5.74) is 35.1. The van der Waals surface area contributed by atoms with E-state index in [2.05, 4.69) is 203 Å². The molecule has 4 saturated carbocycles. The predicted octanol–water partition coefficient (Wildman–Crippen LogP) is 25.1. The van der Waals surface area contributed by atoms with Crippen LogP contribution >= 0.6 is 0 Å². The first kappa shape index (κ1) is 75.0. The van der Waals surface area contributed by atoms with Gasteiger partial charge < -0.3 is 38.0 Å². The van der Waals surface area contributed by atoms with Gasteiger partial charge in [-0.2, -0.15) is 0 Å². The Hall–Kier alpha value is -12.7. The van der Waals surface area contributed by atoms with Crippen LogP contribution < -0.4 is 0 Å². The number of H-pyrrole nitrogens is 4. The summed E-state index contributed by atoms with van der Waals surface area (Å²) < 4.78 is 48.9. The van der Waals surface area contributed by atoms with Gasteiger partial charge in [-0.25, -0.2) is 28.7 Å². The second-order valence-corrected chi connectivity index (χ2v) is 32.0. The maximum atomic E-state index is 13.6. The van der Waals surface area contributed by atoms with E-state index in [0.717, 1.165) is 244 Å². The van der Waals surface area contributed by atoms with Crippen molar-refractivity contribution in [2.24, 2.45) is 0 Å². The molecule has 16 nitrogen and oxygen atoms in total. The molecule has 4 fully saturated rings. The molecule has 8 heterocycles. The number of aromatic nitrogens is 12. The molecule has 18 heteroatoms. The van der Waals surface area contributed by atoms with Gasteiger partial charge in [-0.3, -0.25) is 0 Å². The molecular weight excluding hydrogens is 1440 g/mol. The first-order valence-electron chi connectivity index (χ1n) is 39.6.